The summed E-state index contributed by atoms with van der Waals surface area (Å²) in [5, 5.41) is 22.9. The summed E-state index contributed by atoms with van der Waals surface area (Å²) in [6.45, 7) is 7.43. The van der Waals surface area contributed by atoms with Crippen LogP contribution in [-0.2, 0) is 11.3 Å². The quantitative estimate of drug-likeness (QED) is 0.721. The van der Waals surface area contributed by atoms with E-state index >= 15 is 0 Å². The van der Waals surface area contributed by atoms with E-state index in [0.29, 0.717) is 31.4 Å². The molecule has 0 spiro atoms. The van der Waals surface area contributed by atoms with Crippen molar-refractivity contribution >= 4 is 12.4 Å². The van der Waals surface area contributed by atoms with Crippen molar-refractivity contribution in [3.05, 3.63) is 29.3 Å². The number of aliphatic hydroxyl groups is 1. The number of phenolic OH excluding ortho intramolecular Hbond substituents is 1. The van der Waals surface area contributed by atoms with Crippen molar-refractivity contribution in [3.8, 4) is 5.75 Å². The molecule has 0 bridgehead atoms. The van der Waals surface area contributed by atoms with Crippen LogP contribution in [0.25, 0.3) is 0 Å². The molecular weight excluding hydrogens is 266 g/mol. The number of nitrogens with one attached hydrogen (secondary N) is 1. The van der Waals surface area contributed by atoms with Crippen molar-refractivity contribution in [2.24, 2.45) is 0 Å². The fourth-order valence-corrected chi connectivity index (χ4v) is 1.61. The second-order valence-electron chi connectivity index (χ2n) is 4.60. The first-order chi connectivity index (χ1) is 8.54. The molecule has 0 saturated carbocycles. The monoisotopic (exact) mass is 289 g/mol. The van der Waals surface area contributed by atoms with E-state index in [1.165, 1.54) is 0 Å². The van der Waals surface area contributed by atoms with Crippen molar-refractivity contribution in [3.63, 3.8) is 0 Å². The molecule has 0 aliphatic heterocycles. The van der Waals surface area contributed by atoms with Crippen LogP contribution in [0.5, 0.6) is 5.75 Å². The van der Waals surface area contributed by atoms with Gasteiger partial charge in [-0.25, -0.2) is 0 Å². The summed E-state index contributed by atoms with van der Waals surface area (Å²) in [5.41, 5.74) is 1.49. The number of benzene rings is 1. The Morgan fingerprint density at radius 2 is 2.00 bits per heavy atom. The van der Waals surface area contributed by atoms with Crippen LogP contribution in [0.2, 0.25) is 0 Å². The van der Waals surface area contributed by atoms with Crippen LogP contribution in [0.1, 0.15) is 38.0 Å². The summed E-state index contributed by atoms with van der Waals surface area (Å²) in [6.07, 6.45) is -0.576. The molecule has 1 rings (SSSR count). The van der Waals surface area contributed by atoms with Gasteiger partial charge in [0.05, 0.1) is 12.7 Å². The number of halogens is 1. The van der Waals surface area contributed by atoms with Gasteiger partial charge in [-0.2, -0.15) is 0 Å². The highest BCUT2D eigenvalue weighted by Gasteiger charge is 2.10. The fourth-order valence-electron chi connectivity index (χ4n) is 1.61. The zero-order valence-corrected chi connectivity index (χ0v) is 12.5. The highest BCUT2D eigenvalue weighted by Crippen LogP contribution is 2.23. The van der Waals surface area contributed by atoms with E-state index in [4.69, 9.17) is 4.74 Å². The number of phenols is 1. The summed E-state index contributed by atoms with van der Waals surface area (Å²) in [6, 6.07) is 5.46. The van der Waals surface area contributed by atoms with Gasteiger partial charge in [0, 0.05) is 24.8 Å². The average Bonchev–Trinajstić information content (AvgIpc) is 2.35. The highest BCUT2D eigenvalue weighted by molar-refractivity contribution is 5.85. The molecule has 3 N–H and O–H groups in total. The molecular formula is C14H24ClNO3. The normalized spacial score (nSPS) is 12.3. The van der Waals surface area contributed by atoms with Crippen LogP contribution in [0, 0.1) is 0 Å². The number of aromatic hydroxyl groups is 1. The van der Waals surface area contributed by atoms with Gasteiger partial charge >= 0.3 is 0 Å². The standard InChI is InChI=1S/C14H23NO3.ClH/c1-4-18-9-12-7-11(5-6-13(12)16)14(17)8-15-10(2)3;/h5-7,10,14-17H,4,8-9H2,1-3H3;1H. The molecule has 0 heterocycles. The minimum absolute atomic E-state index is 0. The number of aliphatic hydroxyl groups excluding tert-OH is 1. The molecule has 19 heavy (non-hydrogen) atoms. The van der Waals surface area contributed by atoms with Crippen molar-refractivity contribution < 1.29 is 14.9 Å². The van der Waals surface area contributed by atoms with Crippen LogP contribution in [0.15, 0.2) is 18.2 Å². The third-order valence-corrected chi connectivity index (χ3v) is 2.67. The Labute approximate surface area is 121 Å². The van der Waals surface area contributed by atoms with Gasteiger partial charge in [0.15, 0.2) is 0 Å². The van der Waals surface area contributed by atoms with E-state index in [1.54, 1.807) is 18.2 Å². The van der Waals surface area contributed by atoms with E-state index in [1.807, 2.05) is 20.8 Å². The van der Waals surface area contributed by atoms with E-state index in [-0.39, 0.29) is 18.2 Å². The zero-order chi connectivity index (χ0) is 13.5. The van der Waals surface area contributed by atoms with E-state index < -0.39 is 6.10 Å². The summed E-state index contributed by atoms with van der Waals surface area (Å²) in [7, 11) is 0. The molecule has 0 aliphatic rings. The first kappa shape index (κ1) is 18.2. The molecule has 4 nitrogen and oxygen atoms in total. The third-order valence-electron chi connectivity index (χ3n) is 2.67. The van der Waals surface area contributed by atoms with Gasteiger partial charge in [0.25, 0.3) is 0 Å². The number of ether oxygens (including phenoxy) is 1. The van der Waals surface area contributed by atoms with Gasteiger partial charge in [-0.3, -0.25) is 0 Å². The van der Waals surface area contributed by atoms with E-state index in [9.17, 15) is 10.2 Å². The molecule has 1 unspecified atom stereocenters. The largest absolute Gasteiger partial charge is 0.508 e. The molecule has 110 valence electrons. The first-order valence-corrected chi connectivity index (χ1v) is 6.35. The molecule has 5 heteroatoms. The predicted octanol–water partition coefficient (Wildman–Crippen LogP) is 2.38. The third kappa shape index (κ3) is 6.25. The fraction of sp³-hybridized carbons (Fsp3) is 0.571. The zero-order valence-electron chi connectivity index (χ0n) is 11.7. The van der Waals surface area contributed by atoms with Gasteiger partial charge < -0.3 is 20.3 Å². The number of hydrogen-bond acceptors (Lipinski definition) is 4. The Morgan fingerprint density at radius 3 is 2.58 bits per heavy atom. The van der Waals surface area contributed by atoms with Crippen LogP contribution in [-0.4, -0.2) is 29.4 Å². The highest BCUT2D eigenvalue weighted by atomic mass is 35.5. The summed E-state index contributed by atoms with van der Waals surface area (Å²) in [4.78, 5) is 0. The maximum atomic E-state index is 10.0. The Hall–Kier alpha value is -0.810. The molecule has 1 aromatic carbocycles. The lowest BCUT2D eigenvalue weighted by atomic mass is 10.1. The van der Waals surface area contributed by atoms with Crippen molar-refractivity contribution in [2.75, 3.05) is 13.2 Å². The maximum absolute atomic E-state index is 10.0. The molecule has 0 amide bonds. The minimum Gasteiger partial charge on any atom is -0.508 e. The predicted molar refractivity (Wildman–Crippen MR) is 78.8 cm³/mol. The average molecular weight is 290 g/mol. The molecule has 1 atom stereocenters. The molecule has 0 aliphatic carbocycles. The molecule has 0 aromatic heterocycles. The smallest absolute Gasteiger partial charge is 0.121 e. The summed E-state index contributed by atoms with van der Waals surface area (Å²) >= 11 is 0. The van der Waals surface area contributed by atoms with Crippen molar-refractivity contribution in [1.29, 1.82) is 0 Å². The van der Waals surface area contributed by atoms with E-state index in [2.05, 4.69) is 5.32 Å². The topological polar surface area (TPSA) is 61.7 Å². The lowest BCUT2D eigenvalue weighted by molar-refractivity contribution is 0.131. The van der Waals surface area contributed by atoms with Gasteiger partial charge in [-0.05, 0) is 24.6 Å². The van der Waals surface area contributed by atoms with Crippen LogP contribution < -0.4 is 5.32 Å². The summed E-state index contributed by atoms with van der Waals surface area (Å²) in [5.74, 6) is 0.205. The maximum Gasteiger partial charge on any atom is 0.121 e. The Kier molecular flexibility index (Phi) is 8.76. The lowest BCUT2D eigenvalue weighted by Gasteiger charge is -2.16. The Bertz CT molecular complexity index is 372. The van der Waals surface area contributed by atoms with Crippen molar-refractivity contribution in [2.45, 2.75) is 39.5 Å². The van der Waals surface area contributed by atoms with Crippen LogP contribution >= 0.6 is 12.4 Å². The second-order valence-corrected chi connectivity index (χ2v) is 4.60. The molecule has 0 radical (unpaired) electrons. The number of rotatable bonds is 7. The van der Waals surface area contributed by atoms with E-state index in [0.717, 1.165) is 5.56 Å². The number of hydrogen-bond donors (Lipinski definition) is 3. The molecule has 0 fully saturated rings. The lowest BCUT2D eigenvalue weighted by Crippen LogP contribution is -2.27. The van der Waals surface area contributed by atoms with Gasteiger partial charge in [0.2, 0.25) is 0 Å². The molecule has 0 saturated heterocycles. The second kappa shape index (κ2) is 9.15. The van der Waals surface area contributed by atoms with Gasteiger partial charge in [-0.1, -0.05) is 19.9 Å². The SMILES string of the molecule is CCOCc1cc(C(O)CNC(C)C)ccc1O.Cl. The van der Waals surface area contributed by atoms with Gasteiger partial charge in [0.1, 0.15) is 5.75 Å². The van der Waals surface area contributed by atoms with Gasteiger partial charge in [-0.15, -0.1) is 12.4 Å². The minimum atomic E-state index is -0.576. The van der Waals surface area contributed by atoms with Crippen LogP contribution in [0.4, 0.5) is 0 Å². The Morgan fingerprint density at radius 1 is 1.32 bits per heavy atom. The van der Waals surface area contributed by atoms with Crippen LogP contribution in [0.3, 0.4) is 0 Å². The van der Waals surface area contributed by atoms with Crippen molar-refractivity contribution in [1.82, 2.24) is 5.32 Å². The molecule has 1 aromatic rings. The first-order valence-electron chi connectivity index (χ1n) is 6.35. The summed E-state index contributed by atoms with van der Waals surface area (Å²) < 4.78 is 5.28. The Balaban J connectivity index is 0.00000324.